The number of halogens is 5. The molecule has 1 heterocycles. The van der Waals surface area contributed by atoms with Crippen LogP contribution in [0.25, 0.3) is 0 Å². The van der Waals surface area contributed by atoms with Gasteiger partial charge in [-0.15, -0.1) is 0 Å². The summed E-state index contributed by atoms with van der Waals surface area (Å²) in [6, 6.07) is 0. The topological polar surface area (TPSA) is 34.1 Å². The molecule has 2 atom stereocenters. The molecule has 78 valence electrons. The molecule has 1 aliphatic rings. The molecule has 0 amide bonds. The molecular weight excluding hydrogens is 219 g/mol. The summed E-state index contributed by atoms with van der Waals surface area (Å²) < 4.78 is 82.3. The predicted molar refractivity (Wildman–Crippen MR) is 33.1 cm³/mol. The molecule has 0 aromatic rings. The zero-order valence-corrected chi connectivity index (χ0v) is 6.87. The summed E-state index contributed by atoms with van der Waals surface area (Å²) in [5.41, 5.74) is 0. The van der Waals surface area contributed by atoms with Gasteiger partial charge in [-0.2, -0.15) is 8.78 Å². The number of rotatable bonds is 1. The van der Waals surface area contributed by atoms with Crippen molar-refractivity contribution >= 4 is 9.84 Å². The quantitative estimate of drug-likeness (QED) is 0.628. The molecule has 1 saturated heterocycles. The third kappa shape index (κ3) is 1.40. The summed E-state index contributed by atoms with van der Waals surface area (Å²) in [7, 11) is -5.06. The van der Waals surface area contributed by atoms with E-state index in [2.05, 4.69) is 0 Å². The molecular formula is C5H5F5O2S. The Labute approximate surface area is 70.6 Å². The minimum absolute atomic E-state index is 1.53. The van der Waals surface area contributed by atoms with Gasteiger partial charge in [0.15, 0.2) is 0 Å². The van der Waals surface area contributed by atoms with E-state index in [4.69, 9.17) is 0 Å². The number of hydrogen-bond donors (Lipinski definition) is 0. The standard InChI is InChI=1S/C5H5F5O2S/c6-2-1-13(11,12)5(9,10)3(2)4(7)8/h2-4H,1H2. The van der Waals surface area contributed by atoms with Crippen LogP contribution in [0.3, 0.4) is 0 Å². The van der Waals surface area contributed by atoms with Gasteiger partial charge in [0.2, 0.25) is 9.84 Å². The van der Waals surface area contributed by atoms with Crippen molar-refractivity contribution < 1.29 is 30.4 Å². The summed E-state index contributed by atoms with van der Waals surface area (Å²) >= 11 is 0. The van der Waals surface area contributed by atoms with Crippen LogP contribution in [0.1, 0.15) is 0 Å². The van der Waals surface area contributed by atoms with Gasteiger partial charge in [0.05, 0.1) is 5.75 Å². The van der Waals surface area contributed by atoms with E-state index < -0.39 is 39.4 Å². The Hall–Kier alpha value is -0.400. The second-order valence-corrected chi connectivity index (χ2v) is 4.83. The van der Waals surface area contributed by atoms with Crippen molar-refractivity contribution in [3.05, 3.63) is 0 Å². The van der Waals surface area contributed by atoms with E-state index in [1.165, 1.54) is 0 Å². The van der Waals surface area contributed by atoms with Gasteiger partial charge < -0.3 is 0 Å². The fraction of sp³-hybridized carbons (Fsp3) is 1.00. The van der Waals surface area contributed by atoms with Crippen LogP contribution >= 0.6 is 0 Å². The second kappa shape index (κ2) is 2.79. The smallest absolute Gasteiger partial charge is 0.246 e. The molecule has 0 spiro atoms. The first-order valence-electron chi connectivity index (χ1n) is 3.22. The van der Waals surface area contributed by atoms with Gasteiger partial charge in [0, 0.05) is 0 Å². The van der Waals surface area contributed by atoms with E-state index in [-0.39, 0.29) is 0 Å². The highest BCUT2D eigenvalue weighted by molar-refractivity contribution is 7.92. The zero-order valence-electron chi connectivity index (χ0n) is 6.05. The van der Waals surface area contributed by atoms with E-state index in [1.54, 1.807) is 0 Å². The van der Waals surface area contributed by atoms with Crippen molar-refractivity contribution in [3.8, 4) is 0 Å². The largest absolute Gasteiger partial charge is 0.356 e. The fourth-order valence-corrected chi connectivity index (χ4v) is 2.66. The average Bonchev–Trinajstić information content (AvgIpc) is 1.96. The highest BCUT2D eigenvalue weighted by Gasteiger charge is 2.65. The molecule has 1 fully saturated rings. The Kier molecular flexibility index (Phi) is 2.29. The number of sulfone groups is 1. The third-order valence-corrected chi connectivity index (χ3v) is 3.70. The minimum atomic E-state index is -5.06. The van der Waals surface area contributed by atoms with Crippen molar-refractivity contribution in [2.75, 3.05) is 5.75 Å². The molecule has 0 aromatic carbocycles. The van der Waals surface area contributed by atoms with Crippen LogP contribution in [0.15, 0.2) is 0 Å². The molecule has 0 radical (unpaired) electrons. The first-order valence-corrected chi connectivity index (χ1v) is 4.87. The average molecular weight is 224 g/mol. The fourth-order valence-electron chi connectivity index (χ4n) is 1.15. The van der Waals surface area contributed by atoms with Gasteiger partial charge in [0.1, 0.15) is 12.1 Å². The van der Waals surface area contributed by atoms with Crippen molar-refractivity contribution in [3.63, 3.8) is 0 Å². The first kappa shape index (κ1) is 10.7. The summed E-state index contributed by atoms with van der Waals surface area (Å²) in [6.45, 7) is 0. The lowest BCUT2D eigenvalue weighted by molar-refractivity contribution is -0.0731. The summed E-state index contributed by atoms with van der Waals surface area (Å²) in [4.78, 5) is 0. The van der Waals surface area contributed by atoms with Gasteiger partial charge in [-0.25, -0.2) is 21.6 Å². The minimum Gasteiger partial charge on any atom is -0.246 e. The zero-order chi connectivity index (χ0) is 10.4. The Balaban J connectivity index is 3.13. The van der Waals surface area contributed by atoms with Crippen LogP contribution in [-0.4, -0.2) is 32.0 Å². The normalized spacial score (nSPS) is 36.8. The van der Waals surface area contributed by atoms with Crippen molar-refractivity contribution in [2.45, 2.75) is 17.9 Å². The van der Waals surface area contributed by atoms with Crippen LogP contribution in [-0.2, 0) is 9.84 Å². The molecule has 8 heteroatoms. The lowest BCUT2D eigenvalue weighted by Gasteiger charge is -2.17. The molecule has 0 aliphatic carbocycles. The molecule has 0 bridgehead atoms. The maximum Gasteiger partial charge on any atom is 0.356 e. The Bertz CT molecular complexity index is 298. The Morgan fingerprint density at radius 1 is 1.31 bits per heavy atom. The van der Waals surface area contributed by atoms with Gasteiger partial charge in [-0.05, 0) is 0 Å². The molecule has 0 N–H and O–H groups in total. The van der Waals surface area contributed by atoms with E-state index in [0.717, 1.165) is 0 Å². The van der Waals surface area contributed by atoms with Crippen LogP contribution in [0, 0.1) is 5.92 Å². The van der Waals surface area contributed by atoms with Crippen molar-refractivity contribution in [1.29, 1.82) is 0 Å². The molecule has 0 aromatic heterocycles. The second-order valence-electron chi connectivity index (χ2n) is 2.72. The van der Waals surface area contributed by atoms with E-state index in [1.807, 2.05) is 0 Å². The Morgan fingerprint density at radius 2 is 1.77 bits per heavy atom. The third-order valence-electron chi connectivity index (χ3n) is 1.84. The highest BCUT2D eigenvalue weighted by atomic mass is 32.2. The van der Waals surface area contributed by atoms with E-state index in [9.17, 15) is 30.4 Å². The maximum atomic E-state index is 12.6. The highest BCUT2D eigenvalue weighted by Crippen LogP contribution is 2.44. The monoisotopic (exact) mass is 224 g/mol. The number of hydrogen-bond acceptors (Lipinski definition) is 2. The first-order chi connectivity index (χ1) is 5.70. The van der Waals surface area contributed by atoms with Gasteiger partial charge >= 0.3 is 5.25 Å². The number of alkyl halides is 5. The summed E-state index contributed by atoms with van der Waals surface area (Å²) in [6.07, 6.45) is -6.37. The molecule has 1 rings (SSSR count). The predicted octanol–water partition coefficient (Wildman–Crippen LogP) is 1.23. The van der Waals surface area contributed by atoms with Crippen molar-refractivity contribution in [1.82, 2.24) is 0 Å². The Morgan fingerprint density at radius 3 is 1.92 bits per heavy atom. The van der Waals surface area contributed by atoms with Gasteiger partial charge in [0.25, 0.3) is 6.43 Å². The SMILES string of the molecule is O=S1(=O)CC(F)C(C(F)F)C1(F)F. The molecule has 0 saturated carbocycles. The molecule has 1 aliphatic heterocycles. The molecule has 2 nitrogen and oxygen atoms in total. The molecule has 13 heavy (non-hydrogen) atoms. The lowest BCUT2D eigenvalue weighted by Crippen LogP contribution is -2.36. The van der Waals surface area contributed by atoms with Gasteiger partial charge in [-0.3, -0.25) is 0 Å². The lowest BCUT2D eigenvalue weighted by atomic mass is 10.1. The molecule has 2 unspecified atom stereocenters. The van der Waals surface area contributed by atoms with E-state index >= 15 is 0 Å². The van der Waals surface area contributed by atoms with Crippen LogP contribution in [0.4, 0.5) is 22.0 Å². The maximum absolute atomic E-state index is 12.6. The van der Waals surface area contributed by atoms with Crippen LogP contribution in [0.2, 0.25) is 0 Å². The van der Waals surface area contributed by atoms with E-state index in [0.29, 0.717) is 0 Å². The summed E-state index contributed by atoms with van der Waals surface area (Å²) in [5.74, 6) is -4.56. The van der Waals surface area contributed by atoms with Crippen molar-refractivity contribution in [2.24, 2.45) is 5.92 Å². The summed E-state index contributed by atoms with van der Waals surface area (Å²) in [5, 5.41) is -4.65. The van der Waals surface area contributed by atoms with Crippen LogP contribution < -0.4 is 0 Å². The van der Waals surface area contributed by atoms with Gasteiger partial charge in [-0.1, -0.05) is 0 Å². The van der Waals surface area contributed by atoms with Crippen LogP contribution in [0.5, 0.6) is 0 Å².